The molecular weight excluding hydrogens is 292 g/mol. The summed E-state index contributed by atoms with van der Waals surface area (Å²) in [7, 11) is 0. The Balaban J connectivity index is 2.71. The minimum absolute atomic E-state index is 1.06. The average Bonchev–Trinajstić information content (AvgIpc) is 2.26. The first-order valence-corrected chi connectivity index (χ1v) is 7.82. The Bertz CT molecular complexity index is 281. The lowest BCUT2D eigenvalue weighted by molar-refractivity contribution is 0.932. The van der Waals surface area contributed by atoms with Gasteiger partial charge in [-0.3, -0.25) is 0 Å². The summed E-state index contributed by atoms with van der Waals surface area (Å²) in [5, 5.41) is 2.12. The van der Waals surface area contributed by atoms with Crippen LogP contribution in [0.1, 0.15) is 26.7 Å². The Labute approximate surface area is 108 Å². The summed E-state index contributed by atoms with van der Waals surface area (Å²) >= 11 is 7.14. The van der Waals surface area contributed by atoms with Crippen molar-refractivity contribution in [2.24, 2.45) is 0 Å². The van der Waals surface area contributed by atoms with Crippen molar-refractivity contribution in [2.45, 2.75) is 36.7 Å². The number of rotatable bonds is 6. The van der Waals surface area contributed by atoms with E-state index in [0.717, 1.165) is 26.0 Å². The summed E-state index contributed by atoms with van der Waals surface area (Å²) in [6, 6.07) is 0. The highest BCUT2D eigenvalue weighted by molar-refractivity contribution is 9.10. The van der Waals surface area contributed by atoms with E-state index in [1.165, 1.54) is 12.8 Å². The molecule has 0 N–H and O–H groups in total. The Kier molecular flexibility index (Phi) is 6.68. The molecule has 0 fully saturated rings. The van der Waals surface area contributed by atoms with Crippen molar-refractivity contribution in [3.8, 4) is 0 Å². The summed E-state index contributed by atoms with van der Waals surface area (Å²) in [5.41, 5.74) is 0. The number of thioether (sulfide) groups is 2. The Hall–Kier alpha value is 0.260. The van der Waals surface area contributed by atoms with Gasteiger partial charge in [-0.1, -0.05) is 13.8 Å². The molecule has 0 spiro atoms. The predicted molar refractivity (Wildman–Crippen MR) is 71.8 cm³/mol. The van der Waals surface area contributed by atoms with Gasteiger partial charge in [0.1, 0.15) is 16.4 Å². The van der Waals surface area contributed by atoms with E-state index in [1.807, 2.05) is 0 Å². The molecule has 0 unspecified atom stereocenters. The number of hydrogen-bond donors (Lipinski definition) is 0. The molecule has 0 aliphatic heterocycles. The van der Waals surface area contributed by atoms with Gasteiger partial charge in [0.05, 0.1) is 4.47 Å². The quantitative estimate of drug-likeness (QED) is 0.580. The van der Waals surface area contributed by atoms with Gasteiger partial charge >= 0.3 is 0 Å². The van der Waals surface area contributed by atoms with Gasteiger partial charge in [-0.2, -0.15) is 0 Å². The van der Waals surface area contributed by atoms with Gasteiger partial charge in [-0.05, 0) is 40.3 Å². The number of hydrogen-bond acceptors (Lipinski definition) is 4. The molecule has 0 saturated heterocycles. The van der Waals surface area contributed by atoms with Crippen molar-refractivity contribution in [1.29, 1.82) is 0 Å². The van der Waals surface area contributed by atoms with E-state index in [1.54, 1.807) is 29.9 Å². The smallest absolute Gasteiger partial charge is 0.118 e. The fraction of sp³-hybridized carbons (Fsp3) is 0.600. The van der Waals surface area contributed by atoms with Crippen LogP contribution in [0.2, 0.25) is 0 Å². The first-order chi connectivity index (χ1) is 7.29. The van der Waals surface area contributed by atoms with Crippen molar-refractivity contribution < 1.29 is 0 Å². The van der Waals surface area contributed by atoms with Crippen LogP contribution in [-0.2, 0) is 0 Å². The maximum atomic E-state index is 4.28. The van der Waals surface area contributed by atoms with Crippen LogP contribution in [0.25, 0.3) is 0 Å². The van der Waals surface area contributed by atoms with Crippen molar-refractivity contribution in [3.63, 3.8) is 0 Å². The molecule has 1 heterocycles. The average molecular weight is 307 g/mol. The van der Waals surface area contributed by atoms with Crippen molar-refractivity contribution in [2.75, 3.05) is 11.5 Å². The monoisotopic (exact) mass is 306 g/mol. The van der Waals surface area contributed by atoms with Crippen LogP contribution in [0.3, 0.4) is 0 Å². The lowest BCUT2D eigenvalue weighted by atomic mass is 10.6. The highest BCUT2D eigenvalue weighted by Gasteiger charge is 2.08. The summed E-state index contributed by atoms with van der Waals surface area (Å²) in [5.74, 6) is 2.21. The Morgan fingerprint density at radius 2 is 1.53 bits per heavy atom. The Morgan fingerprint density at radius 1 is 1.07 bits per heavy atom. The second-order valence-electron chi connectivity index (χ2n) is 2.99. The minimum atomic E-state index is 1.06. The molecular formula is C10H15BrN2S2. The molecule has 84 valence electrons. The lowest BCUT2D eigenvalue weighted by Gasteiger charge is -2.06. The lowest BCUT2D eigenvalue weighted by Crippen LogP contribution is -1.91. The molecule has 15 heavy (non-hydrogen) atoms. The van der Waals surface area contributed by atoms with Crippen molar-refractivity contribution in [3.05, 3.63) is 10.8 Å². The predicted octanol–water partition coefficient (Wildman–Crippen LogP) is 4.24. The van der Waals surface area contributed by atoms with Gasteiger partial charge < -0.3 is 0 Å². The maximum absolute atomic E-state index is 4.28. The van der Waals surface area contributed by atoms with Crippen molar-refractivity contribution in [1.82, 2.24) is 9.97 Å². The van der Waals surface area contributed by atoms with Gasteiger partial charge in [0.15, 0.2) is 0 Å². The Morgan fingerprint density at radius 3 is 1.93 bits per heavy atom. The van der Waals surface area contributed by atoms with Crippen LogP contribution in [0, 0.1) is 0 Å². The van der Waals surface area contributed by atoms with Crippen LogP contribution in [-0.4, -0.2) is 21.5 Å². The maximum Gasteiger partial charge on any atom is 0.118 e. The molecule has 5 heteroatoms. The third-order valence-corrected chi connectivity index (χ3v) is 5.28. The third-order valence-electron chi connectivity index (χ3n) is 1.61. The molecule has 0 bridgehead atoms. The molecule has 0 radical (unpaired) electrons. The van der Waals surface area contributed by atoms with Crippen LogP contribution >= 0.6 is 39.5 Å². The second kappa shape index (κ2) is 7.52. The van der Waals surface area contributed by atoms with Crippen LogP contribution in [0.15, 0.2) is 20.9 Å². The van der Waals surface area contributed by atoms with E-state index in [4.69, 9.17) is 0 Å². The number of halogens is 1. The van der Waals surface area contributed by atoms with Gasteiger partial charge in [0.25, 0.3) is 0 Å². The topological polar surface area (TPSA) is 25.8 Å². The molecule has 0 aliphatic carbocycles. The second-order valence-corrected chi connectivity index (χ2v) is 5.96. The fourth-order valence-electron chi connectivity index (χ4n) is 0.937. The van der Waals surface area contributed by atoms with Crippen molar-refractivity contribution >= 4 is 39.5 Å². The normalized spacial score (nSPS) is 10.6. The summed E-state index contributed by atoms with van der Waals surface area (Å²) in [6.45, 7) is 4.35. The number of aromatic nitrogens is 2. The minimum Gasteiger partial charge on any atom is -0.229 e. The summed E-state index contributed by atoms with van der Waals surface area (Å²) in [4.78, 5) is 8.55. The van der Waals surface area contributed by atoms with E-state index < -0.39 is 0 Å². The largest absolute Gasteiger partial charge is 0.229 e. The zero-order valence-corrected chi connectivity index (χ0v) is 12.2. The van der Waals surface area contributed by atoms with E-state index in [0.29, 0.717) is 0 Å². The SMILES string of the molecule is CCCSc1ncnc(SCCC)c1Br. The molecule has 0 atom stereocenters. The number of nitrogens with zero attached hydrogens (tertiary/aromatic N) is 2. The third kappa shape index (κ3) is 4.33. The van der Waals surface area contributed by atoms with Gasteiger partial charge in [0, 0.05) is 0 Å². The van der Waals surface area contributed by atoms with Crippen LogP contribution in [0.4, 0.5) is 0 Å². The zero-order chi connectivity index (χ0) is 11.1. The van der Waals surface area contributed by atoms with Gasteiger partial charge in [0.2, 0.25) is 0 Å². The van der Waals surface area contributed by atoms with Crippen LogP contribution < -0.4 is 0 Å². The highest BCUT2D eigenvalue weighted by atomic mass is 79.9. The molecule has 1 rings (SSSR count). The molecule has 1 aromatic rings. The summed E-state index contributed by atoms with van der Waals surface area (Å²) < 4.78 is 1.06. The first-order valence-electron chi connectivity index (χ1n) is 5.05. The first kappa shape index (κ1) is 13.3. The molecule has 0 amide bonds. The van der Waals surface area contributed by atoms with E-state index in [-0.39, 0.29) is 0 Å². The van der Waals surface area contributed by atoms with Crippen LogP contribution in [0.5, 0.6) is 0 Å². The zero-order valence-electron chi connectivity index (χ0n) is 8.99. The standard InChI is InChI=1S/C10H15BrN2S2/c1-3-5-14-9-8(11)10(13-7-12-9)15-6-4-2/h7H,3-6H2,1-2H3. The highest BCUT2D eigenvalue weighted by Crippen LogP contribution is 2.32. The fourth-order valence-corrected chi connectivity index (χ4v) is 3.38. The van der Waals surface area contributed by atoms with E-state index in [9.17, 15) is 0 Å². The molecule has 0 saturated carbocycles. The van der Waals surface area contributed by atoms with E-state index >= 15 is 0 Å². The molecule has 0 aliphatic rings. The van der Waals surface area contributed by atoms with E-state index in [2.05, 4.69) is 39.7 Å². The molecule has 0 aromatic carbocycles. The van der Waals surface area contributed by atoms with Gasteiger partial charge in [-0.25, -0.2) is 9.97 Å². The summed E-state index contributed by atoms with van der Waals surface area (Å²) in [6.07, 6.45) is 3.98. The molecule has 2 nitrogen and oxygen atoms in total. The molecule has 1 aromatic heterocycles. The van der Waals surface area contributed by atoms with Gasteiger partial charge in [-0.15, -0.1) is 23.5 Å².